The summed E-state index contributed by atoms with van der Waals surface area (Å²) in [5, 5.41) is 12.3. The van der Waals surface area contributed by atoms with E-state index in [9.17, 15) is 19.5 Å². The molecule has 0 saturated carbocycles. The molecular weight excluding hydrogens is 594 g/mol. The van der Waals surface area contributed by atoms with Crippen molar-refractivity contribution in [1.29, 1.82) is 0 Å². The summed E-state index contributed by atoms with van der Waals surface area (Å²) in [6.45, 7) is 2.72. The van der Waals surface area contributed by atoms with Crippen LogP contribution in [-0.2, 0) is 30.4 Å². The van der Waals surface area contributed by atoms with Gasteiger partial charge in [0.05, 0.1) is 6.61 Å². The highest BCUT2D eigenvalue weighted by molar-refractivity contribution is 5.70. The van der Waals surface area contributed by atoms with E-state index in [2.05, 4.69) is 12.2 Å². The standard InChI is InChI=1S/C39H67NO7/c1-2-3-4-5-6-7-8-9-10-12-16-19-25-30-38(43)47-36(32-41)34-45-37(42)29-24-18-15-13-11-14-17-20-26-31-40-39(44)46-33-35-27-22-21-23-28-35/h21-23,27-28,36,41H,2-20,24-26,29-34H2,1H3,(H,40,44)/t36-/m0/s1. The summed E-state index contributed by atoms with van der Waals surface area (Å²) >= 11 is 0. The van der Waals surface area contributed by atoms with Crippen molar-refractivity contribution < 1.29 is 33.7 Å². The van der Waals surface area contributed by atoms with Gasteiger partial charge in [0.1, 0.15) is 13.2 Å². The first-order valence-electron chi connectivity index (χ1n) is 19.0. The Morgan fingerprint density at radius 2 is 1.09 bits per heavy atom. The van der Waals surface area contributed by atoms with Gasteiger partial charge in [0.15, 0.2) is 6.10 Å². The molecule has 47 heavy (non-hydrogen) atoms. The molecule has 1 amide bonds. The minimum atomic E-state index is -0.794. The van der Waals surface area contributed by atoms with E-state index >= 15 is 0 Å². The number of carbonyl (C=O) groups is 3. The van der Waals surface area contributed by atoms with Crippen LogP contribution in [0.15, 0.2) is 30.3 Å². The number of rotatable bonds is 32. The van der Waals surface area contributed by atoms with Gasteiger partial charge in [-0.1, -0.05) is 159 Å². The number of amides is 1. The van der Waals surface area contributed by atoms with Gasteiger partial charge < -0.3 is 24.6 Å². The van der Waals surface area contributed by atoms with E-state index in [1.807, 2.05) is 30.3 Å². The van der Waals surface area contributed by atoms with Crippen LogP contribution in [0.3, 0.4) is 0 Å². The van der Waals surface area contributed by atoms with Gasteiger partial charge >= 0.3 is 18.0 Å². The summed E-state index contributed by atoms with van der Waals surface area (Å²) in [6, 6.07) is 9.64. The van der Waals surface area contributed by atoms with Crippen LogP contribution in [0.4, 0.5) is 4.79 Å². The Labute approximate surface area is 286 Å². The third-order valence-corrected chi connectivity index (χ3v) is 8.46. The second-order valence-corrected chi connectivity index (χ2v) is 12.9. The van der Waals surface area contributed by atoms with Gasteiger partial charge in [0.25, 0.3) is 0 Å². The van der Waals surface area contributed by atoms with Gasteiger partial charge in [0.2, 0.25) is 0 Å². The lowest BCUT2D eigenvalue weighted by Crippen LogP contribution is -2.28. The van der Waals surface area contributed by atoms with Gasteiger partial charge in [-0.15, -0.1) is 0 Å². The van der Waals surface area contributed by atoms with E-state index in [1.54, 1.807) is 0 Å². The van der Waals surface area contributed by atoms with Crippen molar-refractivity contribution in [2.45, 2.75) is 174 Å². The van der Waals surface area contributed by atoms with Crippen LogP contribution in [0.5, 0.6) is 0 Å². The molecular formula is C39H67NO7. The second kappa shape index (κ2) is 32.0. The van der Waals surface area contributed by atoms with Gasteiger partial charge in [-0.05, 0) is 24.8 Å². The molecule has 0 aliphatic heterocycles. The molecule has 0 radical (unpaired) electrons. The molecule has 0 fully saturated rings. The molecule has 1 aromatic rings. The summed E-state index contributed by atoms with van der Waals surface area (Å²) < 4.78 is 15.8. The number of esters is 2. The Morgan fingerprint density at radius 1 is 0.617 bits per heavy atom. The zero-order chi connectivity index (χ0) is 34.0. The van der Waals surface area contributed by atoms with E-state index in [4.69, 9.17) is 14.2 Å². The molecule has 0 aromatic heterocycles. The molecule has 0 heterocycles. The number of carbonyl (C=O) groups excluding carboxylic acids is 3. The number of alkyl carbamates (subject to hydrolysis) is 1. The van der Waals surface area contributed by atoms with Crippen LogP contribution in [0, 0.1) is 0 Å². The largest absolute Gasteiger partial charge is 0.462 e. The highest BCUT2D eigenvalue weighted by Gasteiger charge is 2.16. The SMILES string of the molecule is CCCCCCCCCCCCCCCC(=O)O[C@@H](CO)COC(=O)CCCCCCCCCCCNC(=O)OCc1ccccc1. The average molecular weight is 662 g/mol. The maximum Gasteiger partial charge on any atom is 0.407 e. The molecule has 0 aliphatic rings. The molecule has 0 unspecified atom stereocenters. The lowest BCUT2D eigenvalue weighted by atomic mass is 10.0. The van der Waals surface area contributed by atoms with Gasteiger partial charge in [-0.3, -0.25) is 9.59 Å². The number of unbranched alkanes of at least 4 members (excludes halogenated alkanes) is 20. The van der Waals surface area contributed by atoms with Gasteiger partial charge in [-0.2, -0.15) is 0 Å². The Bertz CT molecular complexity index is 879. The Kier molecular flexibility index (Phi) is 28.8. The third kappa shape index (κ3) is 28.1. The first-order chi connectivity index (χ1) is 23.0. The summed E-state index contributed by atoms with van der Waals surface area (Å²) in [7, 11) is 0. The number of benzene rings is 1. The van der Waals surface area contributed by atoms with Crippen molar-refractivity contribution in [3.63, 3.8) is 0 Å². The smallest absolute Gasteiger partial charge is 0.407 e. The fourth-order valence-electron chi connectivity index (χ4n) is 5.51. The lowest BCUT2D eigenvalue weighted by molar-refractivity contribution is -0.161. The minimum Gasteiger partial charge on any atom is -0.462 e. The van der Waals surface area contributed by atoms with E-state index < -0.39 is 6.10 Å². The number of hydrogen-bond donors (Lipinski definition) is 2. The van der Waals surface area contributed by atoms with Crippen molar-refractivity contribution in [3.8, 4) is 0 Å². The Morgan fingerprint density at radius 3 is 1.60 bits per heavy atom. The van der Waals surface area contributed by atoms with E-state index in [0.29, 0.717) is 19.4 Å². The molecule has 1 rings (SSSR count). The summed E-state index contributed by atoms with van der Waals surface area (Å²) in [6.07, 6.45) is 25.2. The maximum absolute atomic E-state index is 12.1. The summed E-state index contributed by atoms with van der Waals surface area (Å²) in [5.74, 6) is -0.646. The zero-order valence-electron chi connectivity index (χ0n) is 29.7. The Hall–Kier alpha value is -2.61. The van der Waals surface area contributed by atoms with Crippen molar-refractivity contribution in [3.05, 3.63) is 35.9 Å². The van der Waals surface area contributed by atoms with E-state index in [-0.39, 0.29) is 37.9 Å². The predicted molar refractivity (Wildman–Crippen MR) is 189 cm³/mol. The zero-order valence-corrected chi connectivity index (χ0v) is 29.7. The number of hydrogen-bond acceptors (Lipinski definition) is 7. The van der Waals surface area contributed by atoms with Crippen molar-refractivity contribution in [2.24, 2.45) is 0 Å². The molecule has 0 saturated heterocycles. The number of aliphatic hydroxyl groups excluding tert-OH is 1. The van der Waals surface area contributed by atoms with Crippen LogP contribution in [0.2, 0.25) is 0 Å². The molecule has 8 nitrogen and oxygen atoms in total. The lowest BCUT2D eigenvalue weighted by Gasteiger charge is -2.15. The summed E-state index contributed by atoms with van der Waals surface area (Å²) in [5.41, 5.74) is 0.975. The highest BCUT2D eigenvalue weighted by Crippen LogP contribution is 2.14. The number of nitrogens with one attached hydrogen (secondary N) is 1. The van der Waals surface area contributed by atoms with Crippen LogP contribution < -0.4 is 5.32 Å². The molecule has 1 aromatic carbocycles. The van der Waals surface area contributed by atoms with Gasteiger partial charge in [-0.25, -0.2) is 4.79 Å². The minimum absolute atomic E-state index is 0.0932. The third-order valence-electron chi connectivity index (χ3n) is 8.46. The number of aliphatic hydroxyl groups is 1. The average Bonchev–Trinajstić information content (AvgIpc) is 3.08. The van der Waals surface area contributed by atoms with Crippen molar-refractivity contribution in [1.82, 2.24) is 5.32 Å². The molecule has 8 heteroatoms. The van der Waals surface area contributed by atoms with Crippen LogP contribution in [-0.4, -0.2) is 49.0 Å². The van der Waals surface area contributed by atoms with Crippen molar-refractivity contribution >= 4 is 18.0 Å². The molecule has 1 atom stereocenters. The van der Waals surface area contributed by atoms with E-state index in [0.717, 1.165) is 69.8 Å². The van der Waals surface area contributed by atoms with Crippen molar-refractivity contribution in [2.75, 3.05) is 19.8 Å². The monoisotopic (exact) mass is 661 g/mol. The molecule has 2 N–H and O–H groups in total. The predicted octanol–water partition coefficient (Wildman–Crippen LogP) is 9.74. The number of ether oxygens (including phenoxy) is 3. The topological polar surface area (TPSA) is 111 Å². The molecule has 0 aliphatic carbocycles. The Balaban J connectivity index is 1.87. The fourth-order valence-corrected chi connectivity index (χ4v) is 5.51. The summed E-state index contributed by atoms with van der Waals surface area (Å²) in [4.78, 5) is 36.0. The normalized spacial score (nSPS) is 11.6. The first kappa shape index (κ1) is 42.4. The second-order valence-electron chi connectivity index (χ2n) is 12.9. The maximum atomic E-state index is 12.1. The quantitative estimate of drug-likeness (QED) is 0.0449. The van der Waals surface area contributed by atoms with Crippen LogP contribution in [0.1, 0.15) is 167 Å². The fraction of sp³-hybridized carbons (Fsp3) is 0.769. The van der Waals surface area contributed by atoms with Crippen LogP contribution >= 0.6 is 0 Å². The van der Waals surface area contributed by atoms with E-state index in [1.165, 1.54) is 77.0 Å². The highest BCUT2D eigenvalue weighted by atomic mass is 16.6. The molecule has 0 spiro atoms. The molecule has 0 bridgehead atoms. The first-order valence-corrected chi connectivity index (χ1v) is 19.0. The van der Waals surface area contributed by atoms with Gasteiger partial charge in [0, 0.05) is 19.4 Å². The molecule has 270 valence electrons. The van der Waals surface area contributed by atoms with Crippen LogP contribution in [0.25, 0.3) is 0 Å².